The zero-order chi connectivity index (χ0) is 21.4. The monoisotopic (exact) mass is 437 g/mol. The topological polar surface area (TPSA) is 101 Å². The Labute approximate surface area is 183 Å². The molecule has 2 bridgehead atoms. The Balaban J connectivity index is 1.24. The Kier molecular flexibility index (Phi) is 5.27. The maximum Gasteiger partial charge on any atom is 0.335 e. The average Bonchev–Trinajstić information content (AvgIpc) is 3.51. The Morgan fingerprint density at radius 2 is 1.90 bits per heavy atom. The van der Waals surface area contributed by atoms with Crippen LogP contribution in [0.15, 0.2) is 42.2 Å². The van der Waals surface area contributed by atoms with Crippen LogP contribution in [-0.2, 0) is 11.2 Å². The number of carbonyl (C=O) groups is 2. The van der Waals surface area contributed by atoms with Crippen LogP contribution in [0.1, 0.15) is 54.1 Å². The molecule has 2 aliphatic heterocycles. The van der Waals surface area contributed by atoms with Crippen LogP contribution < -0.4 is 0 Å². The van der Waals surface area contributed by atoms with Gasteiger partial charge in [0.2, 0.25) is 5.91 Å². The first-order valence-electron chi connectivity index (χ1n) is 10.5. The van der Waals surface area contributed by atoms with Crippen molar-refractivity contribution in [3.8, 4) is 10.6 Å². The van der Waals surface area contributed by atoms with Crippen molar-refractivity contribution in [1.29, 1.82) is 0 Å². The van der Waals surface area contributed by atoms with Crippen molar-refractivity contribution in [1.82, 2.24) is 24.9 Å². The van der Waals surface area contributed by atoms with E-state index in [1.807, 2.05) is 16.9 Å². The standard InChI is InChI=1S/C22H23N5O3S/c28-21(8-5-14-3-1-2-4-18(14)22(29)30)27-15-6-7-16(27)10-17(9-15)26-12-19(24-25-26)20-11-23-13-31-20/h1-4,11-13,15-17H,5-10H2,(H,29,30). The van der Waals surface area contributed by atoms with Crippen molar-refractivity contribution in [3.05, 3.63) is 53.3 Å². The van der Waals surface area contributed by atoms with E-state index in [0.29, 0.717) is 18.4 Å². The molecule has 0 radical (unpaired) electrons. The fourth-order valence-corrected chi connectivity index (χ4v) is 5.57. The minimum absolute atomic E-state index is 0.120. The third kappa shape index (κ3) is 3.85. The smallest absolute Gasteiger partial charge is 0.335 e. The number of carbonyl (C=O) groups excluding carboxylic acids is 1. The fourth-order valence-electron chi connectivity index (χ4n) is 5.00. The minimum Gasteiger partial charge on any atom is -0.478 e. The number of aromatic carboxylic acids is 1. The normalized spacial score (nSPS) is 22.6. The second-order valence-electron chi connectivity index (χ2n) is 8.22. The van der Waals surface area contributed by atoms with E-state index in [2.05, 4.69) is 20.2 Å². The van der Waals surface area contributed by atoms with Crippen molar-refractivity contribution in [2.75, 3.05) is 0 Å². The van der Waals surface area contributed by atoms with Gasteiger partial charge in [-0.3, -0.25) is 9.78 Å². The van der Waals surface area contributed by atoms with Crippen LogP contribution in [0.2, 0.25) is 0 Å². The van der Waals surface area contributed by atoms with Crippen LogP contribution in [0.25, 0.3) is 10.6 Å². The molecule has 5 rings (SSSR count). The van der Waals surface area contributed by atoms with E-state index in [0.717, 1.165) is 36.3 Å². The zero-order valence-electron chi connectivity index (χ0n) is 16.9. The van der Waals surface area contributed by atoms with Crippen molar-refractivity contribution in [2.24, 2.45) is 0 Å². The number of carboxylic acid groups (broad SMARTS) is 1. The summed E-state index contributed by atoms with van der Waals surface area (Å²) >= 11 is 1.54. The molecule has 2 fully saturated rings. The number of thiazole rings is 1. The van der Waals surface area contributed by atoms with Crippen molar-refractivity contribution in [2.45, 2.75) is 56.7 Å². The molecule has 1 aromatic carbocycles. The van der Waals surface area contributed by atoms with Crippen LogP contribution in [0.5, 0.6) is 0 Å². The number of rotatable bonds is 6. The molecule has 2 atom stereocenters. The van der Waals surface area contributed by atoms with Gasteiger partial charge in [-0.15, -0.1) is 16.4 Å². The van der Waals surface area contributed by atoms with E-state index >= 15 is 0 Å². The molecule has 1 amide bonds. The number of aryl methyl sites for hydroxylation is 1. The van der Waals surface area contributed by atoms with Crippen LogP contribution in [-0.4, -0.2) is 53.9 Å². The van der Waals surface area contributed by atoms with Crippen molar-refractivity contribution >= 4 is 23.2 Å². The highest BCUT2D eigenvalue weighted by molar-refractivity contribution is 7.13. The highest BCUT2D eigenvalue weighted by Gasteiger charge is 2.43. The molecule has 9 heteroatoms. The lowest BCUT2D eigenvalue weighted by atomic mass is 9.96. The summed E-state index contributed by atoms with van der Waals surface area (Å²) in [7, 11) is 0. The molecule has 31 heavy (non-hydrogen) atoms. The molecule has 2 unspecified atom stereocenters. The third-order valence-electron chi connectivity index (χ3n) is 6.42. The second-order valence-corrected chi connectivity index (χ2v) is 9.11. The Bertz CT molecular complexity index is 1080. The van der Waals surface area contributed by atoms with Gasteiger partial charge in [0.05, 0.1) is 28.2 Å². The number of nitrogens with zero attached hydrogens (tertiary/aromatic N) is 5. The number of aromatic nitrogens is 4. The molecule has 0 aliphatic carbocycles. The number of benzene rings is 1. The van der Waals surface area contributed by atoms with Crippen LogP contribution in [0.3, 0.4) is 0 Å². The molecule has 160 valence electrons. The van der Waals surface area contributed by atoms with Gasteiger partial charge in [0, 0.05) is 24.7 Å². The van der Waals surface area contributed by atoms with E-state index in [1.165, 1.54) is 0 Å². The summed E-state index contributed by atoms with van der Waals surface area (Å²) < 4.78 is 1.95. The van der Waals surface area contributed by atoms with E-state index in [1.54, 1.807) is 41.2 Å². The maximum absolute atomic E-state index is 13.1. The molecule has 1 N–H and O–H groups in total. The van der Waals surface area contributed by atoms with Crippen LogP contribution in [0.4, 0.5) is 0 Å². The summed E-state index contributed by atoms with van der Waals surface area (Å²) in [4.78, 5) is 31.6. The highest BCUT2D eigenvalue weighted by atomic mass is 32.1. The van der Waals surface area contributed by atoms with Gasteiger partial charge >= 0.3 is 5.97 Å². The van der Waals surface area contributed by atoms with Crippen LogP contribution >= 0.6 is 11.3 Å². The molecular weight excluding hydrogens is 414 g/mol. The first-order chi connectivity index (χ1) is 15.1. The lowest BCUT2D eigenvalue weighted by molar-refractivity contribution is -0.136. The molecule has 2 saturated heterocycles. The van der Waals surface area contributed by atoms with Gasteiger partial charge in [-0.1, -0.05) is 23.4 Å². The number of carboxylic acids is 1. The summed E-state index contributed by atoms with van der Waals surface area (Å²) in [6.45, 7) is 0. The van der Waals surface area contributed by atoms with Gasteiger partial charge in [-0.2, -0.15) is 0 Å². The molecule has 0 saturated carbocycles. The van der Waals surface area contributed by atoms with E-state index in [4.69, 9.17) is 0 Å². The van der Waals surface area contributed by atoms with Crippen molar-refractivity contribution in [3.63, 3.8) is 0 Å². The first-order valence-corrected chi connectivity index (χ1v) is 11.4. The lowest BCUT2D eigenvalue weighted by Gasteiger charge is -2.39. The molecule has 2 aliphatic rings. The van der Waals surface area contributed by atoms with E-state index in [9.17, 15) is 14.7 Å². The van der Waals surface area contributed by atoms with Gasteiger partial charge in [0.1, 0.15) is 5.69 Å². The predicted octanol–water partition coefficient (Wildman–Crippen LogP) is 3.43. The van der Waals surface area contributed by atoms with Gasteiger partial charge in [-0.25, -0.2) is 9.48 Å². The average molecular weight is 438 g/mol. The molecule has 8 nitrogen and oxygen atoms in total. The van der Waals surface area contributed by atoms with E-state index < -0.39 is 5.97 Å². The van der Waals surface area contributed by atoms with Crippen molar-refractivity contribution < 1.29 is 14.7 Å². The number of hydrogen-bond acceptors (Lipinski definition) is 6. The highest BCUT2D eigenvalue weighted by Crippen LogP contribution is 2.41. The van der Waals surface area contributed by atoms with Gasteiger partial charge in [-0.05, 0) is 43.7 Å². The van der Waals surface area contributed by atoms with Gasteiger partial charge < -0.3 is 10.0 Å². The predicted molar refractivity (Wildman–Crippen MR) is 115 cm³/mol. The number of amides is 1. The third-order valence-corrected chi connectivity index (χ3v) is 7.22. The Hall–Kier alpha value is -3.07. The Morgan fingerprint density at radius 1 is 1.13 bits per heavy atom. The first kappa shape index (κ1) is 19.9. The molecule has 0 spiro atoms. The SMILES string of the molecule is O=C(O)c1ccccc1CCC(=O)N1C2CCC1CC(n1cc(-c3cncs3)nn1)C2. The number of piperidine rings is 1. The van der Waals surface area contributed by atoms with Gasteiger partial charge in [0.15, 0.2) is 0 Å². The molecule has 3 aromatic rings. The summed E-state index contributed by atoms with van der Waals surface area (Å²) in [5.41, 5.74) is 3.61. The van der Waals surface area contributed by atoms with E-state index in [-0.39, 0.29) is 29.6 Å². The molecular formula is C22H23N5O3S. The van der Waals surface area contributed by atoms with Crippen LogP contribution in [0, 0.1) is 0 Å². The van der Waals surface area contributed by atoms with Gasteiger partial charge in [0.25, 0.3) is 0 Å². The summed E-state index contributed by atoms with van der Waals surface area (Å²) in [6.07, 6.45) is 8.33. The quantitative estimate of drug-likeness (QED) is 0.634. The maximum atomic E-state index is 13.1. The summed E-state index contributed by atoms with van der Waals surface area (Å²) in [5, 5.41) is 18.0. The summed E-state index contributed by atoms with van der Waals surface area (Å²) in [6, 6.07) is 7.58. The minimum atomic E-state index is -0.950. The second kappa shape index (κ2) is 8.22. The lowest BCUT2D eigenvalue weighted by Crippen LogP contribution is -2.47. The molecule has 2 aromatic heterocycles. The number of fused-ring (bicyclic) bond motifs is 2. The largest absolute Gasteiger partial charge is 0.478 e. The molecule has 4 heterocycles. The Morgan fingerprint density at radius 3 is 2.61 bits per heavy atom. The summed E-state index contributed by atoms with van der Waals surface area (Å²) in [5.74, 6) is -0.829. The zero-order valence-corrected chi connectivity index (χ0v) is 17.7. The fraction of sp³-hybridized carbons (Fsp3) is 0.409. The number of hydrogen-bond donors (Lipinski definition) is 1.